The van der Waals surface area contributed by atoms with E-state index in [1.165, 1.54) is 0 Å². The first kappa shape index (κ1) is 11.0. The Labute approximate surface area is 95.6 Å². The highest BCUT2D eigenvalue weighted by molar-refractivity contribution is 6.32. The second-order valence-corrected chi connectivity index (χ2v) is 4.89. The number of aromatic nitrogens is 2. The van der Waals surface area contributed by atoms with Gasteiger partial charge in [0, 0.05) is 5.92 Å². The summed E-state index contributed by atoms with van der Waals surface area (Å²) in [6, 6.07) is 0. The highest BCUT2D eigenvalue weighted by Gasteiger charge is 2.22. The molecule has 0 aliphatic carbocycles. The van der Waals surface area contributed by atoms with Crippen LogP contribution in [0.4, 0.5) is 0 Å². The lowest BCUT2D eigenvalue weighted by molar-refractivity contribution is 0.453. The number of nitrogens with zero attached hydrogens (tertiary/aromatic N) is 1. The lowest BCUT2D eigenvalue weighted by atomic mass is 9.94. The summed E-state index contributed by atoms with van der Waals surface area (Å²) in [7, 11) is 0. The van der Waals surface area contributed by atoms with Crippen LogP contribution in [0.2, 0.25) is 5.02 Å². The topological polar surface area (TPSA) is 40.7 Å². The number of rotatable bonds is 2. The molecule has 0 amide bonds. The fourth-order valence-corrected chi connectivity index (χ4v) is 2.58. The van der Waals surface area contributed by atoms with E-state index in [1.54, 1.807) is 0 Å². The Kier molecular flexibility index (Phi) is 3.32. The molecule has 0 bridgehead atoms. The van der Waals surface area contributed by atoms with Crippen LogP contribution in [0.25, 0.3) is 0 Å². The smallest absolute Gasteiger partial charge is 0.0852 e. The summed E-state index contributed by atoms with van der Waals surface area (Å²) < 4.78 is 0. The van der Waals surface area contributed by atoms with Crippen LogP contribution >= 0.6 is 11.6 Å². The van der Waals surface area contributed by atoms with Gasteiger partial charge in [-0.3, -0.25) is 5.10 Å². The summed E-state index contributed by atoms with van der Waals surface area (Å²) in [4.78, 5) is 0. The summed E-state index contributed by atoms with van der Waals surface area (Å²) in [5, 5.41) is 11.6. The highest BCUT2D eigenvalue weighted by atomic mass is 35.5. The minimum atomic E-state index is 0.393. The zero-order valence-electron chi connectivity index (χ0n) is 9.31. The Morgan fingerprint density at radius 2 is 2.00 bits per heavy atom. The van der Waals surface area contributed by atoms with Crippen LogP contribution < -0.4 is 5.32 Å². The van der Waals surface area contributed by atoms with Gasteiger partial charge in [-0.25, -0.2) is 0 Å². The van der Waals surface area contributed by atoms with Crippen LogP contribution in [0.15, 0.2) is 0 Å². The molecule has 84 valence electrons. The fourth-order valence-electron chi connectivity index (χ4n) is 2.12. The maximum absolute atomic E-state index is 6.34. The van der Waals surface area contributed by atoms with Crippen LogP contribution in [0, 0.1) is 0 Å². The highest BCUT2D eigenvalue weighted by Crippen LogP contribution is 2.33. The molecule has 0 unspecified atom stereocenters. The predicted molar refractivity (Wildman–Crippen MR) is 62.5 cm³/mol. The predicted octanol–water partition coefficient (Wildman–Crippen LogP) is 2.65. The maximum Gasteiger partial charge on any atom is 0.0852 e. The first-order valence-electron chi connectivity index (χ1n) is 5.64. The van der Waals surface area contributed by atoms with Gasteiger partial charge >= 0.3 is 0 Å². The van der Waals surface area contributed by atoms with Gasteiger partial charge in [-0.05, 0) is 31.8 Å². The molecule has 1 saturated heterocycles. The third-order valence-corrected chi connectivity index (χ3v) is 3.45. The molecule has 1 aromatic heterocycles. The van der Waals surface area contributed by atoms with E-state index in [4.69, 9.17) is 11.6 Å². The molecule has 2 heterocycles. The summed E-state index contributed by atoms with van der Waals surface area (Å²) >= 11 is 6.34. The van der Waals surface area contributed by atoms with E-state index >= 15 is 0 Å². The third-order valence-electron chi connectivity index (χ3n) is 3.05. The van der Waals surface area contributed by atoms with Crippen molar-refractivity contribution in [2.45, 2.75) is 38.5 Å². The second kappa shape index (κ2) is 4.54. The van der Waals surface area contributed by atoms with Gasteiger partial charge < -0.3 is 5.32 Å². The third kappa shape index (κ3) is 2.18. The van der Waals surface area contributed by atoms with Gasteiger partial charge in [0.05, 0.1) is 16.4 Å². The summed E-state index contributed by atoms with van der Waals surface area (Å²) in [6.07, 6.45) is 2.30. The van der Waals surface area contributed by atoms with Gasteiger partial charge in [0.15, 0.2) is 0 Å². The van der Waals surface area contributed by atoms with E-state index in [0.717, 1.165) is 42.3 Å². The van der Waals surface area contributed by atoms with Crippen molar-refractivity contribution in [2.75, 3.05) is 13.1 Å². The SMILES string of the molecule is CC(C)c1n[nH]c(C2CCNCC2)c1Cl. The number of piperidine rings is 1. The minimum absolute atomic E-state index is 0.393. The Morgan fingerprint density at radius 3 is 2.53 bits per heavy atom. The molecule has 0 aromatic carbocycles. The van der Waals surface area contributed by atoms with Gasteiger partial charge in [-0.2, -0.15) is 5.10 Å². The molecule has 1 fully saturated rings. The van der Waals surface area contributed by atoms with E-state index in [9.17, 15) is 0 Å². The molecule has 3 nitrogen and oxygen atoms in total. The van der Waals surface area contributed by atoms with E-state index in [2.05, 4.69) is 29.4 Å². The Hall–Kier alpha value is -0.540. The van der Waals surface area contributed by atoms with Crippen LogP contribution in [0.1, 0.15) is 49.9 Å². The molecule has 0 atom stereocenters. The van der Waals surface area contributed by atoms with E-state index in [-0.39, 0.29) is 0 Å². The van der Waals surface area contributed by atoms with Crippen molar-refractivity contribution in [1.82, 2.24) is 15.5 Å². The van der Waals surface area contributed by atoms with Crippen molar-refractivity contribution in [1.29, 1.82) is 0 Å². The average Bonchev–Trinajstić information content (AvgIpc) is 2.61. The van der Waals surface area contributed by atoms with E-state index in [1.807, 2.05) is 0 Å². The zero-order chi connectivity index (χ0) is 10.8. The van der Waals surface area contributed by atoms with Crippen molar-refractivity contribution in [3.8, 4) is 0 Å². The van der Waals surface area contributed by atoms with Crippen LogP contribution in [0.5, 0.6) is 0 Å². The second-order valence-electron chi connectivity index (χ2n) is 4.52. The first-order valence-corrected chi connectivity index (χ1v) is 6.02. The van der Waals surface area contributed by atoms with Crippen molar-refractivity contribution in [3.63, 3.8) is 0 Å². The average molecular weight is 228 g/mol. The Bertz CT molecular complexity index is 327. The van der Waals surface area contributed by atoms with Crippen LogP contribution in [-0.2, 0) is 0 Å². The number of hydrogen-bond donors (Lipinski definition) is 2. The van der Waals surface area contributed by atoms with Crippen molar-refractivity contribution < 1.29 is 0 Å². The monoisotopic (exact) mass is 227 g/mol. The first-order chi connectivity index (χ1) is 7.20. The van der Waals surface area contributed by atoms with Gasteiger partial charge in [0.25, 0.3) is 0 Å². The molecule has 2 N–H and O–H groups in total. The largest absolute Gasteiger partial charge is 0.317 e. The number of H-pyrrole nitrogens is 1. The molecule has 4 heteroatoms. The van der Waals surface area contributed by atoms with E-state index < -0.39 is 0 Å². The van der Waals surface area contributed by atoms with Crippen molar-refractivity contribution in [3.05, 3.63) is 16.4 Å². The normalized spacial score (nSPS) is 18.7. The molecule has 1 aliphatic heterocycles. The van der Waals surface area contributed by atoms with Gasteiger partial charge in [-0.15, -0.1) is 0 Å². The number of hydrogen-bond acceptors (Lipinski definition) is 2. The number of halogens is 1. The molecule has 1 aromatic rings. The molecular formula is C11H18ClN3. The van der Waals surface area contributed by atoms with Crippen LogP contribution in [-0.4, -0.2) is 23.3 Å². The molecule has 0 saturated carbocycles. The van der Waals surface area contributed by atoms with Crippen molar-refractivity contribution in [2.24, 2.45) is 0 Å². The summed E-state index contributed by atoms with van der Waals surface area (Å²) in [5.41, 5.74) is 2.15. The van der Waals surface area contributed by atoms with Crippen molar-refractivity contribution >= 4 is 11.6 Å². The number of nitrogens with one attached hydrogen (secondary N) is 2. The molecule has 0 spiro atoms. The summed E-state index contributed by atoms with van der Waals surface area (Å²) in [5.74, 6) is 0.947. The lowest BCUT2D eigenvalue weighted by Gasteiger charge is -2.21. The quantitative estimate of drug-likeness (QED) is 0.816. The minimum Gasteiger partial charge on any atom is -0.317 e. The Balaban J connectivity index is 2.20. The van der Waals surface area contributed by atoms with Gasteiger partial charge in [-0.1, -0.05) is 25.4 Å². The zero-order valence-corrected chi connectivity index (χ0v) is 10.1. The molecule has 2 rings (SSSR count). The number of aromatic amines is 1. The lowest BCUT2D eigenvalue weighted by Crippen LogP contribution is -2.26. The van der Waals surface area contributed by atoms with Crippen LogP contribution in [0.3, 0.4) is 0 Å². The Morgan fingerprint density at radius 1 is 1.33 bits per heavy atom. The van der Waals surface area contributed by atoms with Gasteiger partial charge in [0.1, 0.15) is 0 Å². The fraction of sp³-hybridized carbons (Fsp3) is 0.727. The van der Waals surface area contributed by atoms with Gasteiger partial charge in [0.2, 0.25) is 0 Å². The molecule has 15 heavy (non-hydrogen) atoms. The maximum atomic E-state index is 6.34. The molecular weight excluding hydrogens is 210 g/mol. The summed E-state index contributed by atoms with van der Waals surface area (Å²) in [6.45, 7) is 6.40. The molecule has 0 radical (unpaired) electrons. The van der Waals surface area contributed by atoms with E-state index in [0.29, 0.717) is 11.8 Å². The molecule has 1 aliphatic rings. The standard InChI is InChI=1S/C11H18ClN3/c1-7(2)10-9(12)11(15-14-10)8-3-5-13-6-4-8/h7-8,13H,3-6H2,1-2H3,(H,14,15).